The molecule has 1 aromatic heterocycles. The van der Waals surface area contributed by atoms with Crippen LogP contribution in [0.1, 0.15) is 35.3 Å². The van der Waals surface area contributed by atoms with Gasteiger partial charge in [0.15, 0.2) is 0 Å². The highest BCUT2D eigenvalue weighted by Gasteiger charge is 2.16. The van der Waals surface area contributed by atoms with Gasteiger partial charge in [0.05, 0.1) is 11.7 Å². The lowest BCUT2D eigenvalue weighted by Crippen LogP contribution is -2.34. The molecule has 1 aliphatic heterocycles. The molecule has 6 heteroatoms. The normalized spacial score (nSPS) is 16.6. The summed E-state index contributed by atoms with van der Waals surface area (Å²) in [4.78, 5) is 18.0. The van der Waals surface area contributed by atoms with Gasteiger partial charge in [0.25, 0.3) is 5.91 Å². The summed E-state index contributed by atoms with van der Waals surface area (Å²) in [6.07, 6.45) is 3.47. The van der Waals surface area contributed by atoms with E-state index < -0.39 is 5.91 Å². The van der Waals surface area contributed by atoms with Crippen molar-refractivity contribution in [2.75, 3.05) is 38.6 Å². The topological polar surface area (TPSA) is 80.5 Å². The second-order valence-electron chi connectivity index (χ2n) is 5.87. The van der Waals surface area contributed by atoms with E-state index in [1.807, 2.05) is 6.92 Å². The van der Waals surface area contributed by atoms with Crippen LogP contribution in [0, 0.1) is 6.92 Å². The van der Waals surface area contributed by atoms with Gasteiger partial charge in [-0.25, -0.2) is 4.98 Å². The van der Waals surface area contributed by atoms with Crippen molar-refractivity contribution in [3.63, 3.8) is 0 Å². The van der Waals surface area contributed by atoms with Crippen LogP contribution >= 0.6 is 0 Å². The number of hydrogen-bond acceptors (Lipinski definition) is 5. The molecule has 1 amide bonds. The first-order chi connectivity index (χ1) is 10.6. The fourth-order valence-electron chi connectivity index (χ4n) is 2.57. The average molecular weight is 306 g/mol. The summed E-state index contributed by atoms with van der Waals surface area (Å²) in [5.74, 6) is 0.101. The lowest BCUT2D eigenvalue weighted by molar-refractivity contribution is 0.0125. The number of nitrogens with one attached hydrogen (secondary N) is 1. The molecule has 22 heavy (non-hydrogen) atoms. The Morgan fingerprint density at radius 1 is 1.45 bits per heavy atom. The van der Waals surface area contributed by atoms with E-state index in [9.17, 15) is 4.79 Å². The zero-order valence-electron chi connectivity index (χ0n) is 13.5. The number of nitrogens with zero attached hydrogens (tertiary/aromatic N) is 2. The molecular formula is C16H26N4O2. The first kappa shape index (κ1) is 16.7. The Labute approximate surface area is 132 Å². The maximum Gasteiger partial charge on any atom is 0.252 e. The van der Waals surface area contributed by atoms with Crippen molar-refractivity contribution in [2.45, 2.75) is 32.3 Å². The summed E-state index contributed by atoms with van der Waals surface area (Å²) in [5, 5.41) is 3.18. The predicted octanol–water partition coefficient (Wildman–Crippen LogP) is 1.40. The number of aryl methyl sites for hydroxylation is 1. The monoisotopic (exact) mass is 306 g/mol. The summed E-state index contributed by atoms with van der Waals surface area (Å²) in [6, 6.07) is 3.50. The Balaban J connectivity index is 1.70. The van der Waals surface area contributed by atoms with Crippen LogP contribution in [-0.2, 0) is 4.74 Å². The minimum atomic E-state index is -0.461. The first-order valence-corrected chi connectivity index (χ1v) is 7.87. The quantitative estimate of drug-likeness (QED) is 0.744. The molecule has 0 bridgehead atoms. The SMILES string of the molecule is Cc1ccc(C(N)=O)c(NCCCOC2CCN(C)CC2)n1. The molecule has 0 saturated carbocycles. The summed E-state index contributed by atoms with van der Waals surface area (Å²) in [6.45, 7) is 5.54. The average Bonchev–Trinajstić information content (AvgIpc) is 2.48. The minimum absolute atomic E-state index is 0.384. The van der Waals surface area contributed by atoms with Crippen molar-refractivity contribution in [2.24, 2.45) is 5.73 Å². The number of likely N-dealkylation sites (tertiary alicyclic amines) is 1. The summed E-state index contributed by atoms with van der Waals surface area (Å²) in [7, 11) is 2.14. The summed E-state index contributed by atoms with van der Waals surface area (Å²) < 4.78 is 5.89. The highest BCUT2D eigenvalue weighted by molar-refractivity contribution is 5.97. The highest BCUT2D eigenvalue weighted by Crippen LogP contribution is 2.14. The second kappa shape index (κ2) is 8.10. The first-order valence-electron chi connectivity index (χ1n) is 7.87. The van der Waals surface area contributed by atoms with E-state index in [-0.39, 0.29) is 0 Å². The molecule has 0 atom stereocenters. The van der Waals surface area contributed by atoms with Gasteiger partial charge in [0, 0.05) is 31.9 Å². The zero-order valence-corrected chi connectivity index (χ0v) is 13.5. The van der Waals surface area contributed by atoms with Crippen LogP contribution in [0.4, 0.5) is 5.82 Å². The number of nitrogens with two attached hydrogens (primary N) is 1. The standard InChI is InChI=1S/C16H26N4O2/c1-12-4-5-14(15(17)21)16(19-12)18-8-3-11-22-13-6-9-20(2)10-7-13/h4-5,13H,3,6-11H2,1-2H3,(H2,17,21)(H,18,19). The van der Waals surface area contributed by atoms with Crippen molar-refractivity contribution in [1.82, 2.24) is 9.88 Å². The van der Waals surface area contributed by atoms with Gasteiger partial charge in [-0.15, -0.1) is 0 Å². The molecule has 0 aliphatic carbocycles. The van der Waals surface area contributed by atoms with Crippen LogP contribution in [0.15, 0.2) is 12.1 Å². The van der Waals surface area contributed by atoms with Gasteiger partial charge >= 0.3 is 0 Å². The molecule has 0 spiro atoms. The predicted molar refractivity (Wildman–Crippen MR) is 87.1 cm³/mol. The fourth-order valence-corrected chi connectivity index (χ4v) is 2.57. The van der Waals surface area contributed by atoms with Gasteiger partial charge in [-0.1, -0.05) is 0 Å². The Hall–Kier alpha value is -1.66. The third-order valence-electron chi connectivity index (χ3n) is 3.93. The Morgan fingerprint density at radius 3 is 2.86 bits per heavy atom. The number of carbonyl (C=O) groups is 1. The van der Waals surface area contributed by atoms with Crippen molar-refractivity contribution in [3.8, 4) is 0 Å². The van der Waals surface area contributed by atoms with Gasteiger partial charge in [-0.05, 0) is 45.4 Å². The van der Waals surface area contributed by atoms with Crippen LogP contribution in [0.25, 0.3) is 0 Å². The number of anilines is 1. The number of hydrogen-bond donors (Lipinski definition) is 2. The number of piperidine rings is 1. The van der Waals surface area contributed by atoms with E-state index in [1.54, 1.807) is 12.1 Å². The molecular weight excluding hydrogens is 280 g/mol. The van der Waals surface area contributed by atoms with Crippen LogP contribution in [0.2, 0.25) is 0 Å². The molecule has 1 saturated heterocycles. The molecule has 2 heterocycles. The van der Waals surface area contributed by atoms with E-state index in [4.69, 9.17) is 10.5 Å². The van der Waals surface area contributed by atoms with Crippen molar-refractivity contribution in [1.29, 1.82) is 0 Å². The molecule has 1 fully saturated rings. The molecule has 122 valence electrons. The Bertz CT molecular complexity index is 499. The maximum atomic E-state index is 11.4. The van der Waals surface area contributed by atoms with Crippen LogP contribution in [-0.4, -0.2) is 55.2 Å². The molecule has 0 radical (unpaired) electrons. The van der Waals surface area contributed by atoms with Crippen molar-refractivity contribution in [3.05, 3.63) is 23.4 Å². The molecule has 6 nitrogen and oxygen atoms in total. The number of rotatable bonds is 7. The van der Waals surface area contributed by atoms with E-state index in [0.717, 1.165) is 44.7 Å². The van der Waals surface area contributed by atoms with E-state index in [2.05, 4.69) is 22.2 Å². The lowest BCUT2D eigenvalue weighted by Gasteiger charge is -2.28. The van der Waals surface area contributed by atoms with E-state index in [0.29, 0.717) is 24.0 Å². The van der Waals surface area contributed by atoms with Gasteiger partial charge < -0.3 is 20.7 Å². The van der Waals surface area contributed by atoms with Crippen LogP contribution in [0.3, 0.4) is 0 Å². The second-order valence-corrected chi connectivity index (χ2v) is 5.87. The maximum absolute atomic E-state index is 11.4. The van der Waals surface area contributed by atoms with Crippen LogP contribution in [0.5, 0.6) is 0 Å². The highest BCUT2D eigenvalue weighted by atomic mass is 16.5. The number of aromatic nitrogens is 1. The smallest absolute Gasteiger partial charge is 0.252 e. The lowest BCUT2D eigenvalue weighted by atomic mass is 10.1. The molecule has 1 aromatic rings. The Kier molecular flexibility index (Phi) is 6.15. The van der Waals surface area contributed by atoms with Gasteiger partial charge in [0.1, 0.15) is 5.82 Å². The van der Waals surface area contributed by atoms with Crippen molar-refractivity contribution >= 4 is 11.7 Å². The summed E-state index contributed by atoms with van der Waals surface area (Å²) >= 11 is 0. The molecule has 2 rings (SSSR count). The van der Waals surface area contributed by atoms with E-state index in [1.165, 1.54) is 0 Å². The van der Waals surface area contributed by atoms with Crippen molar-refractivity contribution < 1.29 is 9.53 Å². The summed E-state index contributed by atoms with van der Waals surface area (Å²) in [5.41, 5.74) is 6.64. The molecule has 0 unspecified atom stereocenters. The van der Waals surface area contributed by atoms with Gasteiger partial charge in [-0.3, -0.25) is 4.79 Å². The minimum Gasteiger partial charge on any atom is -0.378 e. The molecule has 0 aromatic carbocycles. The molecule has 1 aliphatic rings. The third kappa shape index (κ3) is 4.96. The van der Waals surface area contributed by atoms with Gasteiger partial charge in [0.2, 0.25) is 0 Å². The molecule has 3 N–H and O–H groups in total. The zero-order chi connectivity index (χ0) is 15.9. The number of amides is 1. The van der Waals surface area contributed by atoms with E-state index >= 15 is 0 Å². The number of pyridine rings is 1. The fraction of sp³-hybridized carbons (Fsp3) is 0.625. The van der Waals surface area contributed by atoms with Crippen LogP contribution < -0.4 is 11.1 Å². The number of primary amides is 1. The Morgan fingerprint density at radius 2 is 2.18 bits per heavy atom. The largest absolute Gasteiger partial charge is 0.378 e. The number of carbonyl (C=O) groups excluding carboxylic acids is 1. The third-order valence-corrected chi connectivity index (χ3v) is 3.93. The van der Waals surface area contributed by atoms with Gasteiger partial charge in [-0.2, -0.15) is 0 Å². The number of ether oxygens (including phenoxy) is 1.